The molecule has 1 aromatic heterocycles. The Morgan fingerprint density at radius 2 is 2.18 bits per heavy atom. The number of ether oxygens (including phenoxy) is 1. The Balaban J connectivity index is 1.57. The molecule has 2 aromatic rings. The molecule has 1 aromatic carbocycles. The Labute approximate surface area is 126 Å². The molecule has 0 spiro atoms. The maximum absolute atomic E-state index is 13.2. The molecule has 1 aliphatic rings. The van der Waals surface area contributed by atoms with Crippen molar-refractivity contribution in [1.82, 2.24) is 15.0 Å². The SMILES string of the molecule is Cc1nc(C2CN(CCc3ccc(F)c(F)c3)CCO2)no1. The number of hydrogen-bond donors (Lipinski definition) is 0. The Morgan fingerprint density at radius 1 is 1.32 bits per heavy atom. The van der Waals surface area contributed by atoms with E-state index in [-0.39, 0.29) is 6.10 Å². The summed E-state index contributed by atoms with van der Waals surface area (Å²) in [5, 5.41) is 3.88. The topological polar surface area (TPSA) is 51.4 Å². The highest BCUT2D eigenvalue weighted by molar-refractivity contribution is 5.18. The van der Waals surface area contributed by atoms with Gasteiger partial charge in [0.1, 0.15) is 6.10 Å². The van der Waals surface area contributed by atoms with Gasteiger partial charge < -0.3 is 9.26 Å². The molecule has 3 rings (SSSR count). The minimum absolute atomic E-state index is 0.212. The van der Waals surface area contributed by atoms with Crippen molar-refractivity contribution in [3.8, 4) is 0 Å². The van der Waals surface area contributed by atoms with Crippen LogP contribution in [-0.4, -0.2) is 41.3 Å². The molecular formula is C15H17F2N3O2. The van der Waals surface area contributed by atoms with Crippen molar-refractivity contribution in [1.29, 1.82) is 0 Å². The van der Waals surface area contributed by atoms with Gasteiger partial charge in [0.05, 0.1) is 6.61 Å². The fourth-order valence-electron chi connectivity index (χ4n) is 2.49. The molecule has 0 aliphatic carbocycles. The lowest BCUT2D eigenvalue weighted by molar-refractivity contribution is -0.0347. The highest BCUT2D eigenvalue weighted by atomic mass is 19.2. The third kappa shape index (κ3) is 3.48. The largest absolute Gasteiger partial charge is 0.367 e. The van der Waals surface area contributed by atoms with Gasteiger partial charge >= 0.3 is 0 Å². The van der Waals surface area contributed by atoms with Crippen LogP contribution < -0.4 is 0 Å². The molecule has 7 heteroatoms. The second kappa shape index (κ2) is 6.50. The van der Waals surface area contributed by atoms with E-state index in [0.29, 0.717) is 31.3 Å². The summed E-state index contributed by atoms with van der Waals surface area (Å²) in [4.78, 5) is 6.38. The first-order valence-electron chi connectivity index (χ1n) is 7.20. The van der Waals surface area contributed by atoms with Crippen LogP contribution in [-0.2, 0) is 11.2 Å². The van der Waals surface area contributed by atoms with E-state index in [4.69, 9.17) is 9.26 Å². The molecule has 1 fully saturated rings. The summed E-state index contributed by atoms with van der Waals surface area (Å²) in [5.74, 6) is -0.560. The Morgan fingerprint density at radius 3 is 2.91 bits per heavy atom. The van der Waals surface area contributed by atoms with Crippen LogP contribution >= 0.6 is 0 Å². The van der Waals surface area contributed by atoms with E-state index in [1.165, 1.54) is 6.07 Å². The van der Waals surface area contributed by atoms with E-state index in [2.05, 4.69) is 15.0 Å². The van der Waals surface area contributed by atoms with Crippen LogP contribution in [0.2, 0.25) is 0 Å². The minimum Gasteiger partial charge on any atom is -0.367 e. The molecule has 0 radical (unpaired) electrons. The molecule has 0 amide bonds. The molecule has 1 aliphatic heterocycles. The summed E-state index contributed by atoms with van der Waals surface area (Å²) < 4.78 is 36.7. The molecule has 0 saturated carbocycles. The van der Waals surface area contributed by atoms with Crippen molar-refractivity contribution in [2.24, 2.45) is 0 Å². The van der Waals surface area contributed by atoms with Gasteiger partial charge in [-0.15, -0.1) is 0 Å². The second-order valence-electron chi connectivity index (χ2n) is 5.33. The number of morpholine rings is 1. The molecule has 1 atom stereocenters. The highest BCUT2D eigenvalue weighted by Gasteiger charge is 2.25. The average molecular weight is 309 g/mol. The molecule has 0 N–H and O–H groups in total. The van der Waals surface area contributed by atoms with Crippen LogP contribution in [0.4, 0.5) is 8.78 Å². The zero-order chi connectivity index (χ0) is 15.5. The van der Waals surface area contributed by atoms with E-state index < -0.39 is 11.6 Å². The van der Waals surface area contributed by atoms with Crippen molar-refractivity contribution < 1.29 is 18.0 Å². The van der Waals surface area contributed by atoms with Crippen LogP contribution in [0.1, 0.15) is 23.4 Å². The summed E-state index contributed by atoms with van der Waals surface area (Å²) in [6.07, 6.45) is 0.436. The minimum atomic E-state index is -0.817. The molecule has 2 heterocycles. The van der Waals surface area contributed by atoms with Gasteiger partial charge in [0.25, 0.3) is 0 Å². The van der Waals surface area contributed by atoms with Crippen LogP contribution in [0.25, 0.3) is 0 Å². The van der Waals surface area contributed by atoms with Crippen molar-refractivity contribution in [3.05, 3.63) is 47.1 Å². The first-order chi connectivity index (χ1) is 10.6. The number of benzene rings is 1. The molecular weight excluding hydrogens is 292 g/mol. The van der Waals surface area contributed by atoms with Gasteiger partial charge in [-0.05, 0) is 24.1 Å². The van der Waals surface area contributed by atoms with E-state index in [0.717, 1.165) is 24.7 Å². The van der Waals surface area contributed by atoms with Gasteiger partial charge in [0.2, 0.25) is 11.7 Å². The van der Waals surface area contributed by atoms with Gasteiger partial charge in [0, 0.05) is 26.6 Å². The number of aromatic nitrogens is 2. The standard InChI is InChI=1S/C15H17F2N3O2/c1-10-18-15(19-22-10)14-9-20(6-7-21-14)5-4-11-2-3-12(16)13(17)8-11/h2-3,8,14H,4-7,9H2,1H3. The van der Waals surface area contributed by atoms with Gasteiger partial charge in [-0.2, -0.15) is 4.98 Å². The predicted molar refractivity (Wildman–Crippen MR) is 74.2 cm³/mol. The van der Waals surface area contributed by atoms with Gasteiger partial charge in [-0.1, -0.05) is 11.2 Å². The van der Waals surface area contributed by atoms with Gasteiger partial charge in [-0.25, -0.2) is 8.78 Å². The van der Waals surface area contributed by atoms with Gasteiger partial charge in [-0.3, -0.25) is 4.90 Å². The molecule has 1 saturated heterocycles. The molecule has 5 nitrogen and oxygen atoms in total. The Hall–Kier alpha value is -1.86. The zero-order valence-corrected chi connectivity index (χ0v) is 12.3. The molecule has 0 bridgehead atoms. The zero-order valence-electron chi connectivity index (χ0n) is 12.3. The van der Waals surface area contributed by atoms with E-state index in [1.54, 1.807) is 13.0 Å². The maximum Gasteiger partial charge on any atom is 0.223 e. The fraction of sp³-hybridized carbons (Fsp3) is 0.467. The Kier molecular flexibility index (Phi) is 4.44. The number of aryl methyl sites for hydroxylation is 1. The van der Waals surface area contributed by atoms with Crippen LogP contribution in [0, 0.1) is 18.6 Å². The van der Waals surface area contributed by atoms with Crippen LogP contribution in [0.5, 0.6) is 0 Å². The number of rotatable bonds is 4. The third-order valence-corrected chi connectivity index (χ3v) is 3.68. The predicted octanol–water partition coefficient (Wildman–Crippen LogP) is 2.27. The lowest BCUT2D eigenvalue weighted by Crippen LogP contribution is -2.39. The monoisotopic (exact) mass is 309 g/mol. The number of nitrogens with zero attached hydrogens (tertiary/aromatic N) is 3. The van der Waals surface area contributed by atoms with E-state index >= 15 is 0 Å². The first-order valence-corrected chi connectivity index (χ1v) is 7.20. The first kappa shape index (κ1) is 15.1. The maximum atomic E-state index is 13.2. The third-order valence-electron chi connectivity index (χ3n) is 3.68. The highest BCUT2D eigenvalue weighted by Crippen LogP contribution is 2.20. The fourth-order valence-corrected chi connectivity index (χ4v) is 2.49. The van der Waals surface area contributed by atoms with E-state index in [1.807, 2.05) is 0 Å². The lowest BCUT2D eigenvalue weighted by Gasteiger charge is -2.31. The summed E-state index contributed by atoms with van der Waals surface area (Å²) in [5.41, 5.74) is 0.775. The van der Waals surface area contributed by atoms with Crippen molar-refractivity contribution in [2.45, 2.75) is 19.4 Å². The number of halogens is 2. The summed E-state index contributed by atoms with van der Waals surface area (Å²) in [6.45, 7) is 4.50. The van der Waals surface area contributed by atoms with Crippen molar-refractivity contribution in [3.63, 3.8) is 0 Å². The van der Waals surface area contributed by atoms with Gasteiger partial charge in [0.15, 0.2) is 11.6 Å². The van der Waals surface area contributed by atoms with Crippen molar-refractivity contribution >= 4 is 0 Å². The second-order valence-corrected chi connectivity index (χ2v) is 5.33. The Bertz CT molecular complexity index is 647. The number of hydrogen-bond acceptors (Lipinski definition) is 5. The summed E-state index contributed by atoms with van der Waals surface area (Å²) in [7, 11) is 0. The smallest absolute Gasteiger partial charge is 0.223 e. The van der Waals surface area contributed by atoms with Crippen LogP contribution in [0.15, 0.2) is 22.7 Å². The average Bonchev–Trinajstić information content (AvgIpc) is 2.95. The lowest BCUT2D eigenvalue weighted by atomic mass is 10.1. The van der Waals surface area contributed by atoms with Crippen LogP contribution in [0.3, 0.4) is 0 Å². The molecule has 22 heavy (non-hydrogen) atoms. The normalized spacial score (nSPS) is 19.5. The summed E-state index contributed by atoms with van der Waals surface area (Å²) in [6, 6.07) is 4.02. The molecule has 118 valence electrons. The molecule has 1 unspecified atom stereocenters. The summed E-state index contributed by atoms with van der Waals surface area (Å²) >= 11 is 0. The quantitative estimate of drug-likeness (QED) is 0.867. The van der Waals surface area contributed by atoms with Crippen molar-refractivity contribution in [2.75, 3.05) is 26.2 Å². The van der Waals surface area contributed by atoms with E-state index in [9.17, 15) is 8.78 Å².